The Hall–Kier alpha value is -2.18. The van der Waals surface area contributed by atoms with Crippen LogP contribution in [0.25, 0.3) is 21.9 Å². The van der Waals surface area contributed by atoms with E-state index < -0.39 is 0 Å². The van der Waals surface area contributed by atoms with E-state index in [0.717, 1.165) is 34.3 Å². The Morgan fingerprint density at radius 3 is 2.77 bits per heavy atom. The second kappa shape index (κ2) is 5.90. The molecular formula is C16H21N5O. The number of anilines is 1. The molecule has 2 heterocycles. The number of para-hydroxylation sites is 1. The summed E-state index contributed by atoms with van der Waals surface area (Å²) >= 11 is 0. The normalized spacial score (nSPS) is 11.8. The van der Waals surface area contributed by atoms with Crippen molar-refractivity contribution in [1.29, 1.82) is 0 Å². The topological polar surface area (TPSA) is 78.0 Å². The van der Waals surface area contributed by atoms with Gasteiger partial charge in [-0.2, -0.15) is 5.48 Å². The first kappa shape index (κ1) is 14.7. The zero-order valence-corrected chi connectivity index (χ0v) is 13.1. The molecule has 0 spiro atoms. The van der Waals surface area contributed by atoms with Gasteiger partial charge >= 0.3 is 0 Å². The minimum atomic E-state index is 0.467. The van der Waals surface area contributed by atoms with E-state index in [2.05, 4.69) is 39.9 Å². The van der Waals surface area contributed by atoms with Crippen molar-refractivity contribution < 1.29 is 4.84 Å². The van der Waals surface area contributed by atoms with Crippen molar-refractivity contribution in [2.24, 2.45) is 5.92 Å². The van der Waals surface area contributed by atoms with Crippen LogP contribution in [0.5, 0.6) is 0 Å². The first-order valence-corrected chi connectivity index (χ1v) is 7.41. The number of hydrogen-bond donors (Lipinski definition) is 2. The Balaban J connectivity index is 2.32. The lowest BCUT2D eigenvalue weighted by atomic mass is 10.1. The first-order chi connectivity index (χ1) is 10.6. The van der Waals surface area contributed by atoms with Crippen LogP contribution in [0.1, 0.15) is 19.7 Å². The van der Waals surface area contributed by atoms with E-state index in [1.54, 1.807) is 7.11 Å². The van der Waals surface area contributed by atoms with Gasteiger partial charge in [-0.3, -0.25) is 0 Å². The van der Waals surface area contributed by atoms with E-state index in [0.29, 0.717) is 18.3 Å². The van der Waals surface area contributed by atoms with Crippen LogP contribution in [0.3, 0.4) is 0 Å². The van der Waals surface area contributed by atoms with E-state index in [1.165, 1.54) is 0 Å². The molecule has 3 rings (SSSR count). The summed E-state index contributed by atoms with van der Waals surface area (Å²) < 4.78 is 2.21. The number of fused-ring (bicyclic) bond motifs is 3. The fourth-order valence-electron chi connectivity index (χ4n) is 2.74. The van der Waals surface area contributed by atoms with Crippen LogP contribution >= 0.6 is 0 Å². The summed E-state index contributed by atoms with van der Waals surface area (Å²) in [6.07, 6.45) is 0. The van der Waals surface area contributed by atoms with Gasteiger partial charge in [-0.15, -0.1) is 0 Å². The van der Waals surface area contributed by atoms with Crippen molar-refractivity contribution in [2.75, 3.05) is 12.8 Å². The van der Waals surface area contributed by atoms with Crippen LogP contribution in [0, 0.1) is 5.92 Å². The smallest absolute Gasteiger partial charge is 0.152 e. The molecule has 3 aromatic rings. The molecule has 116 valence electrons. The molecule has 22 heavy (non-hydrogen) atoms. The predicted octanol–water partition coefficient (Wildman–Crippen LogP) is 2.47. The minimum Gasteiger partial charge on any atom is -0.382 e. The Labute approximate surface area is 129 Å². The Kier molecular flexibility index (Phi) is 3.96. The van der Waals surface area contributed by atoms with Crippen molar-refractivity contribution in [3.63, 3.8) is 0 Å². The zero-order valence-electron chi connectivity index (χ0n) is 13.1. The molecule has 6 heteroatoms. The Bertz CT molecular complexity index is 809. The minimum absolute atomic E-state index is 0.467. The molecule has 2 aromatic heterocycles. The zero-order chi connectivity index (χ0) is 15.7. The molecule has 0 unspecified atom stereocenters. The number of nitrogens with zero attached hydrogens (tertiary/aromatic N) is 3. The molecule has 3 N–H and O–H groups in total. The number of pyridine rings is 1. The highest BCUT2D eigenvalue weighted by Gasteiger charge is 2.17. The number of nitrogens with one attached hydrogen (secondary N) is 1. The second-order valence-corrected chi connectivity index (χ2v) is 5.77. The Morgan fingerprint density at radius 1 is 1.27 bits per heavy atom. The number of hydrogen-bond acceptors (Lipinski definition) is 5. The van der Waals surface area contributed by atoms with Gasteiger partial charge in [0.1, 0.15) is 11.3 Å². The molecule has 0 saturated carbocycles. The molecule has 0 amide bonds. The molecule has 0 aliphatic heterocycles. The van der Waals surface area contributed by atoms with Crippen molar-refractivity contribution in [3.05, 3.63) is 30.1 Å². The van der Waals surface area contributed by atoms with Crippen LogP contribution < -0.4 is 11.2 Å². The summed E-state index contributed by atoms with van der Waals surface area (Å²) in [4.78, 5) is 14.1. The van der Waals surface area contributed by atoms with Crippen LogP contribution in [0.2, 0.25) is 0 Å². The number of imidazole rings is 1. The van der Waals surface area contributed by atoms with Crippen molar-refractivity contribution >= 4 is 27.8 Å². The number of nitrogens with two attached hydrogens (primary N) is 1. The van der Waals surface area contributed by atoms with E-state index in [9.17, 15) is 0 Å². The summed E-state index contributed by atoms with van der Waals surface area (Å²) in [5.41, 5.74) is 11.7. The molecule has 0 aliphatic carbocycles. The SMILES string of the molecule is CONCc1nc2c(N)nc3ccccc3c2n1CC(C)C. The highest BCUT2D eigenvalue weighted by molar-refractivity contribution is 6.06. The third kappa shape index (κ3) is 2.51. The molecule has 6 nitrogen and oxygen atoms in total. The summed E-state index contributed by atoms with van der Waals surface area (Å²) in [7, 11) is 1.60. The second-order valence-electron chi connectivity index (χ2n) is 5.77. The summed E-state index contributed by atoms with van der Waals surface area (Å²) in [6.45, 7) is 5.76. The lowest BCUT2D eigenvalue weighted by Crippen LogP contribution is -2.17. The summed E-state index contributed by atoms with van der Waals surface area (Å²) in [5.74, 6) is 1.86. The van der Waals surface area contributed by atoms with Crippen molar-refractivity contribution in [2.45, 2.75) is 26.9 Å². The van der Waals surface area contributed by atoms with Crippen LogP contribution in [-0.4, -0.2) is 21.6 Å². The van der Waals surface area contributed by atoms with E-state index in [-0.39, 0.29) is 0 Å². The molecule has 0 atom stereocenters. The maximum atomic E-state index is 6.13. The van der Waals surface area contributed by atoms with Crippen LogP contribution in [-0.2, 0) is 17.9 Å². The number of rotatable bonds is 5. The highest BCUT2D eigenvalue weighted by Crippen LogP contribution is 2.29. The lowest BCUT2D eigenvalue weighted by molar-refractivity contribution is 0.0840. The highest BCUT2D eigenvalue weighted by atomic mass is 16.6. The fourth-order valence-corrected chi connectivity index (χ4v) is 2.74. The molecule has 0 bridgehead atoms. The van der Waals surface area contributed by atoms with Gasteiger partial charge < -0.3 is 15.1 Å². The molecule has 0 saturated heterocycles. The van der Waals surface area contributed by atoms with Gasteiger partial charge in [-0.05, 0) is 12.0 Å². The number of benzene rings is 1. The summed E-state index contributed by atoms with van der Waals surface area (Å²) in [6, 6.07) is 8.03. The van der Waals surface area contributed by atoms with Gasteiger partial charge in [-0.25, -0.2) is 9.97 Å². The van der Waals surface area contributed by atoms with Gasteiger partial charge in [0.25, 0.3) is 0 Å². The number of aromatic nitrogens is 3. The molecule has 0 aliphatic rings. The van der Waals surface area contributed by atoms with E-state index >= 15 is 0 Å². The summed E-state index contributed by atoms with van der Waals surface area (Å²) in [5, 5.41) is 1.07. The molecule has 1 aromatic carbocycles. The van der Waals surface area contributed by atoms with Crippen molar-refractivity contribution in [1.82, 2.24) is 20.0 Å². The third-order valence-electron chi connectivity index (χ3n) is 3.61. The maximum absolute atomic E-state index is 6.13. The van der Waals surface area contributed by atoms with E-state index in [4.69, 9.17) is 10.6 Å². The fraction of sp³-hybridized carbons (Fsp3) is 0.375. The van der Waals surface area contributed by atoms with Gasteiger partial charge in [0.15, 0.2) is 5.82 Å². The quantitative estimate of drug-likeness (QED) is 0.708. The average Bonchev–Trinajstić information content (AvgIpc) is 2.84. The Morgan fingerprint density at radius 2 is 2.05 bits per heavy atom. The van der Waals surface area contributed by atoms with Gasteiger partial charge in [0.2, 0.25) is 0 Å². The van der Waals surface area contributed by atoms with Gasteiger partial charge in [-0.1, -0.05) is 32.0 Å². The van der Waals surface area contributed by atoms with E-state index in [1.807, 2.05) is 18.2 Å². The van der Waals surface area contributed by atoms with Gasteiger partial charge in [0, 0.05) is 11.9 Å². The number of nitrogen functional groups attached to an aromatic ring is 1. The molecule has 0 radical (unpaired) electrons. The third-order valence-corrected chi connectivity index (χ3v) is 3.61. The van der Waals surface area contributed by atoms with Crippen molar-refractivity contribution in [3.8, 4) is 0 Å². The number of hydroxylamine groups is 1. The lowest BCUT2D eigenvalue weighted by Gasteiger charge is -2.13. The monoisotopic (exact) mass is 299 g/mol. The average molecular weight is 299 g/mol. The van der Waals surface area contributed by atoms with Crippen LogP contribution in [0.4, 0.5) is 5.82 Å². The standard InChI is InChI=1S/C16H21N5O/c1-10(2)9-21-13(8-18-22-3)20-14-15(21)11-6-4-5-7-12(11)19-16(14)17/h4-7,10,18H,8-9H2,1-3H3,(H2,17,19). The van der Waals surface area contributed by atoms with Gasteiger partial charge in [0.05, 0.1) is 24.7 Å². The predicted molar refractivity (Wildman–Crippen MR) is 88.1 cm³/mol. The first-order valence-electron chi connectivity index (χ1n) is 7.41. The molecular weight excluding hydrogens is 278 g/mol. The van der Waals surface area contributed by atoms with Crippen LogP contribution in [0.15, 0.2) is 24.3 Å². The maximum Gasteiger partial charge on any atom is 0.152 e. The largest absolute Gasteiger partial charge is 0.382 e. The molecule has 0 fully saturated rings.